The summed E-state index contributed by atoms with van der Waals surface area (Å²) in [7, 11) is 0. The molecule has 3 aromatic heterocycles. The molecule has 5 nitrogen and oxygen atoms in total. The van der Waals surface area contributed by atoms with Gasteiger partial charge in [0.2, 0.25) is 5.78 Å². The maximum Gasteiger partial charge on any atom is 0.209 e. The molecule has 0 aliphatic rings. The lowest BCUT2D eigenvalue weighted by molar-refractivity contribution is 0.103. The normalized spacial score (nSPS) is 11.3. The largest absolute Gasteiger partial charge is 0.352 e. The molecule has 2 aromatic carbocycles. The van der Waals surface area contributed by atoms with E-state index < -0.39 is 0 Å². The molecule has 0 unspecified atom stereocenters. The number of aromatic nitrogens is 4. The Labute approximate surface area is 161 Å². The summed E-state index contributed by atoms with van der Waals surface area (Å²) in [6.07, 6.45) is 3.54. The number of carbonyl (C=O) groups is 1. The highest BCUT2D eigenvalue weighted by molar-refractivity contribution is 6.11. The lowest BCUT2D eigenvalue weighted by Crippen LogP contribution is -2.09. The number of hydrogen-bond acceptors (Lipinski definition) is 3. The van der Waals surface area contributed by atoms with Gasteiger partial charge in [-0.25, -0.2) is 4.98 Å². The van der Waals surface area contributed by atoms with Gasteiger partial charge in [-0.05, 0) is 19.1 Å². The van der Waals surface area contributed by atoms with Crippen LogP contribution in [-0.2, 0) is 6.54 Å². The van der Waals surface area contributed by atoms with E-state index in [1.54, 1.807) is 12.4 Å². The third-order valence-electron chi connectivity index (χ3n) is 5.13. The first-order valence-electron chi connectivity index (χ1n) is 9.18. The maximum absolute atomic E-state index is 13.2. The van der Waals surface area contributed by atoms with Gasteiger partial charge in [-0.1, -0.05) is 48.5 Å². The minimum Gasteiger partial charge on any atom is -0.352 e. The number of para-hydroxylation sites is 1. The number of aromatic amines is 1. The molecule has 0 fully saturated rings. The number of H-pyrrole nitrogens is 1. The number of fused-ring (bicyclic) bond motifs is 2. The fourth-order valence-electron chi connectivity index (χ4n) is 3.75. The van der Waals surface area contributed by atoms with Crippen LogP contribution in [0.1, 0.15) is 27.4 Å². The number of hydrogen-bond donors (Lipinski definition) is 1. The van der Waals surface area contributed by atoms with Crippen molar-refractivity contribution < 1.29 is 4.79 Å². The third kappa shape index (κ3) is 2.60. The molecule has 0 amide bonds. The van der Waals surface area contributed by atoms with Crippen molar-refractivity contribution in [3.8, 4) is 0 Å². The second kappa shape index (κ2) is 6.46. The first-order chi connectivity index (χ1) is 13.7. The average molecular weight is 366 g/mol. The Morgan fingerprint density at radius 1 is 1.04 bits per heavy atom. The Balaban J connectivity index is 1.70. The second-order valence-electron chi connectivity index (χ2n) is 6.83. The van der Waals surface area contributed by atoms with Crippen LogP contribution in [-0.4, -0.2) is 25.3 Å². The van der Waals surface area contributed by atoms with Crippen molar-refractivity contribution in [3.63, 3.8) is 0 Å². The molecule has 0 radical (unpaired) electrons. The van der Waals surface area contributed by atoms with Crippen LogP contribution in [0.3, 0.4) is 0 Å². The van der Waals surface area contributed by atoms with E-state index in [-0.39, 0.29) is 5.78 Å². The molecule has 5 rings (SSSR count). The molecule has 0 aliphatic carbocycles. The van der Waals surface area contributed by atoms with E-state index in [1.807, 2.05) is 61.5 Å². The molecule has 0 aliphatic heterocycles. The third-order valence-corrected chi connectivity index (χ3v) is 5.13. The molecule has 0 atom stereocenters. The van der Waals surface area contributed by atoms with Crippen LogP contribution < -0.4 is 0 Å². The quantitative estimate of drug-likeness (QED) is 0.476. The first kappa shape index (κ1) is 16.4. The van der Waals surface area contributed by atoms with E-state index in [9.17, 15) is 4.79 Å². The molecule has 1 N–H and O–H groups in total. The van der Waals surface area contributed by atoms with Crippen molar-refractivity contribution >= 4 is 27.7 Å². The van der Waals surface area contributed by atoms with Gasteiger partial charge in [0, 0.05) is 28.2 Å². The molecular formula is C23H18N4O. The molecule has 3 heterocycles. The van der Waals surface area contributed by atoms with Crippen molar-refractivity contribution in [3.05, 3.63) is 95.7 Å². The summed E-state index contributed by atoms with van der Waals surface area (Å²) in [6.45, 7) is 2.54. The van der Waals surface area contributed by atoms with Gasteiger partial charge in [-0.2, -0.15) is 0 Å². The summed E-state index contributed by atoms with van der Waals surface area (Å²) < 4.78 is 2.13. The van der Waals surface area contributed by atoms with Gasteiger partial charge in [0.1, 0.15) is 11.3 Å². The van der Waals surface area contributed by atoms with Crippen LogP contribution >= 0.6 is 0 Å². The minimum atomic E-state index is -0.00413. The van der Waals surface area contributed by atoms with E-state index in [0.29, 0.717) is 17.8 Å². The number of rotatable bonds is 4. The number of ketones is 1. The topological polar surface area (TPSA) is 63.6 Å². The summed E-state index contributed by atoms with van der Waals surface area (Å²) in [6, 6.07) is 19.4. The zero-order chi connectivity index (χ0) is 19.1. The monoisotopic (exact) mass is 366 g/mol. The molecule has 5 heteroatoms. The highest BCUT2D eigenvalue weighted by Gasteiger charge is 2.20. The number of pyridine rings is 1. The van der Waals surface area contributed by atoms with Crippen LogP contribution in [0, 0.1) is 6.92 Å². The highest BCUT2D eigenvalue weighted by atomic mass is 16.1. The van der Waals surface area contributed by atoms with Gasteiger partial charge < -0.3 is 9.55 Å². The number of aryl methyl sites for hydroxylation is 1. The molecule has 5 aromatic rings. The summed E-state index contributed by atoms with van der Waals surface area (Å²) in [5, 5.41) is 1.05. The molecule has 0 saturated heterocycles. The van der Waals surface area contributed by atoms with E-state index >= 15 is 0 Å². The molecule has 0 spiro atoms. The molecule has 0 saturated carbocycles. The van der Waals surface area contributed by atoms with Crippen molar-refractivity contribution in [1.29, 1.82) is 0 Å². The van der Waals surface area contributed by atoms with Crippen LogP contribution in [0.5, 0.6) is 0 Å². The molecular weight excluding hydrogens is 348 g/mol. The first-order valence-corrected chi connectivity index (χ1v) is 9.18. The van der Waals surface area contributed by atoms with Crippen molar-refractivity contribution in [2.45, 2.75) is 13.5 Å². The average Bonchev–Trinajstić information content (AvgIpc) is 3.26. The Bertz CT molecular complexity index is 1310. The molecule has 28 heavy (non-hydrogen) atoms. The zero-order valence-corrected chi connectivity index (χ0v) is 15.4. The summed E-state index contributed by atoms with van der Waals surface area (Å²) in [5.41, 5.74) is 5.10. The second-order valence-corrected chi connectivity index (χ2v) is 6.83. The van der Waals surface area contributed by atoms with Crippen molar-refractivity contribution in [1.82, 2.24) is 19.5 Å². The predicted octanol–water partition coefficient (Wildman–Crippen LogP) is 4.50. The fraction of sp³-hybridized carbons (Fsp3) is 0.0870. The van der Waals surface area contributed by atoms with Crippen molar-refractivity contribution in [2.24, 2.45) is 0 Å². The van der Waals surface area contributed by atoms with E-state index in [0.717, 1.165) is 33.3 Å². The van der Waals surface area contributed by atoms with Crippen LogP contribution in [0.25, 0.3) is 21.9 Å². The van der Waals surface area contributed by atoms with Crippen LogP contribution in [0.4, 0.5) is 0 Å². The molecule has 136 valence electrons. The van der Waals surface area contributed by atoms with Gasteiger partial charge in [0.25, 0.3) is 0 Å². The highest BCUT2D eigenvalue weighted by Crippen LogP contribution is 2.27. The Morgan fingerprint density at radius 2 is 1.82 bits per heavy atom. The summed E-state index contributed by atoms with van der Waals surface area (Å²) >= 11 is 0. The standard InChI is InChI=1S/C23H18N4O/c1-15-25-20-13-24-12-11-21(20)27(15)14-18-17-9-5-6-10-19(17)26-22(18)23(28)16-7-3-2-4-8-16/h2-13,26H,14H2,1H3. The maximum atomic E-state index is 13.2. The number of nitrogens with zero attached hydrogens (tertiary/aromatic N) is 3. The SMILES string of the molecule is Cc1nc2cnccc2n1Cc1c(C(=O)c2ccccc2)[nH]c2ccccc12. The van der Waals surface area contributed by atoms with Gasteiger partial charge in [-0.3, -0.25) is 9.78 Å². The Morgan fingerprint density at radius 3 is 2.68 bits per heavy atom. The Hall–Kier alpha value is -3.73. The smallest absolute Gasteiger partial charge is 0.209 e. The predicted molar refractivity (Wildman–Crippen MR) is 110 cm³/mol. The van der Waals surface area contributed by atoms with Gasteiger partial charge in [0.15, 0.2) is 0 Å². The number of imidazole rings is 1. The van der Waals surface area contributed by atoms with Gasteiger partial charge in [0.05, 0.1) is 24.0 Å². The fourth-order valence-corrected chi connectivity index (χ4v) is 3.75. The number of carbonyl (C=O) groups excluding carboxylic acids is 1. The lowest BCUT2D eigenvalue weighted by atomic mass is 10.0. The van der Waals surface area contributed by atoms with E-state index in [2.05, 4.69) is 25.6 Å². The van der Waals surface area contributed by atoms with E-state index in [4.69, 9.17) is 0 Å². The van der Waals surface area contributed by atoms with Gasteiger partial charge in [-0.15, -0.1) is 0 Å². The molecule has 0 bridgehead atoms. The lowest BCUT2D eigenvalue weighted by Gasteiger charge is -2.09. The van der Waals surface area contributed by atoms with Gasteiger partial charge >= 0.3 is 0 Å². The number of nitrogens with one attached hydrogen (secondary N) is 1. The summed E-state index contributed by atoms with van der Waals surface area (Å²) in [4.78, 5) is 25.4. The zero-order valence-electron chi connectivity index (χ0n) is 15.4. The Kier molecular flexibility index (Phi) is 3.79. The summed E-state index contributed by atoms with van der Waals surface area (Å²) in [5.74, 6) is 0.891. The minimum absolute atomic E-state index is 0.00413. The van der Waals surface area contributed by atoms with Crippen LogP contribution in [0.2, 0.25) is 0 Å². The van der Waals surface area contributed by atoms with Crippen molar-refractivity contribution in [2.75, 3.05) is 0 Å². The van der Waals surface area contributed by atoms with E-state index in [1.165, 1.54) is 0 Å². The number of benzene rings is 2. The van der Waals surface area contributed by atoms with Crippen LogP contribution in [0.15, 0.2) is 73.1 Å².